The number of hydrogen-bond acceptors (Lipinski definition) is 5. The number of hydrogen-bond donors (Lipinski definition) is 1. The number of nitrogens with zero attached hydrogens (tertiary/aromatic N) is 3. The van der Waals surface area contributed by atoms with E-state index >= 15 is 0 Å². The average molecular weight is 290 g/mol. The van der Waals surface area contributed by atoms with Gasteiger partial charge in [-0.05, 0) is 12.1 Å². The fourth-order valence-corrected chi connectivity index (χ4v) is 1.59. The molecule has 0 aliphatic heterocycles. The molecular weight excluding hydrogens is 272 g/mol. The highest BCUT2D eigenvalue weighted by atomic mass is 16.5. The molecule has 2 aromatic heterocycles. The molecule has 7 heteroatoms. The average Bonchev–Trinajstić information content (AvgIpc) is 3.03. The van der Waals surface area contributed by atoms with Gasteiger partial charge in [-0.25, -0.2) is 9.78 Å². The first kappa shape index (κ1) is 15.0. The zero-order chi connectivity index (χ0) is 14.8. The van der Waals surface area contributed by atoms with Crippen molar-refractivity contribution in [2.75, 3.05) is 19.8 Å². The first-order chi connectivity index (χ1) is 10.3. The molecular formula is C14H18N4O3. The lowest BCUT2D eigenvalue weighted by Gasteiger charge is -2.07. The summed E-state index contributed by atoms with van der Waals surface area (Å²) in [6.45, 7) is 2.32. The molecule has 2 rings (SSSR count). The summed E-state index contributed by atoms with van der Waals surface area (Å²) in [6, 6.07) is 5.45. The fourth-order valence-electron chi connectivity index (χ4n) is 1.59. The third-order valence-corrected chi connectivity index (χ3v) is 2.65. The van der Waals surface area contributed by atoms with E-state index in [9.17, 15) is 4.79 Å². The van der Waals surface area contributed by atoms with E-state index in [4.69, 9.17) is 9.47 Å². The lowest BCUT2D eigenvalue weighted by Crippen LogP contribution is -2.28. The lowest BCUT2D eigenvalue weighted by atomic mass is 10.4. The number of carbonyl (C=O) groups is 1. The third kappa shape index (κ3) is 6.05. The van der Waals surface area contributed by atoms with Crippen molar-refractivity contribution in [1.29, 1.82) is 0 Å². The van der Waals surface area contributed by atoms with Crippen LogP contribution in [0.4, 0.5) is 4.79 Å². The third-order valence-electron chi connectivity index (χ3n) is 2.65. The van der Waals surface area contributed by atoms with Crippen LogP contribution in [0.3, 0.4) is 0 Å². The molecule has 0 saturated carbocycles. The maximum absolute atomic E-state index is 11.4. The normalized spacial score (nSPS) is 10.3. The van der Waals surface area contributed by atoms with E-state index in [2.05, 4.69) is 15.3 Å². The zero-order valence-corrected chi connectivity index (χ0v) is 11.6. The van der Waals surface area contributed by atoms with Crippen molar-refractivity contribution in [3.63, 3.8) is 0 Å². The molecule has 0 aliphatic carbocycles. The lowest BCUT2D eigenvalue weighted by molar-refractivity contribution is 0.114. The van der Waals surface area contributed by atoms with Crippen molar-refractivity contribution in [2.45, 2.75) is 13.2 Å². The summed E-state index contributed by atoms with van der Waals surface area (Å²) in [5.41, 5.74) is 0.712. The van der Waals surface area contributed by atoms with E-state index in [1.165, 1.54) is 0 Å². The quantitative estimate of drug-likeness (QED) is 0.740. The molecule has 0 bridgehead atoms. The fraction of sp³-hybridized carbons (Fsp3) is 0.357. The highest BCUT2D eigenvalue weighted by Crippen LogP contribution is 1.95. The molecule has 0 unspecified atom stereocenters. The van der Waals surface area contributed by atoms with Crippen LogP contribution in [0.5, 0.6) is 0 Å². The predicted octanol–water partition coefficient (Wildman–Crippen LogP) is 1.22. The molecule has 1 N–H and O–H groups in total. The molecule has 0 aliphatic rings. The van der Waals surface area contributed by atoms with Crippen LogP contribution < -0.4 is 5.32 Å². The van der Waals surface area contributed by atoms with E-state index in [1.54, 1.807) is 24.8 Å². The van der Waals surface area contributed by atoms with Gasteiger partial charge in [0.25, 0.3) is 0 Å². The minimum Gasteiger partial charge on any atom is -0.443 e. The van der Waals surface area contributed by atoms with Crippen molar-refractivity contribution in [3.8, 4) is 0 Å². The summed E-state index contributed by atoms with van der Waals surface area (Å²) in [4.78, 5) is 19.4. The van der Waals surface area contributed by atoms with Gasteiger partial charge in [-0.1, -0.05) is 6.07 Å². The minimum absolute atomic E-state index is 0.161. The number of rotatable bonds is 8. The highest BCUT2D eigenvalue weighted by Gasteiger charge is 2.02. The van der Waals surface area contributed by atoms with Crippen LogP contribution in [-0.4, -0.2) is 40.4 Å². The molecule has 7 nitrogen and oxygen atoms in total. The van der Waals surface area contributed by atoms with Gasteiger partial charge in [0.15, 0.2) is 0 Å². The van der Waals surface area contributed by atoms with Crippen molar-refractivity contribution in [2.24, 2.45) is 0 Å². The number of nitrogens with one attached hydrogen (secondary N) is 1. The first-order valence-corrected chi connectivity index (χ1v) is 6.68. The summed E-state index contributed by atoms with van der Waals surface area (Å²) in [7, 11) is 0. The number of carbonyl (C=O) groups excluding carboxylic acids is 1. The molecule has 0 aromatic carbocycles. The second-order valence-electron chi connectivity index (χ2n) is 4.24. The molecule has 0 spiro atoms. The van der Waals surface area contributed by atoms with Crippen LogP contribution in [0.25, 0.3) is 0 Å². The summed E-state index contributed by atoms with van der Waals surface area (Å²) in [5, 5.41) is 2.61. The standard InChI is InChI=1S/C14H18N4O3/c19-14(21-11-13-3-1-2-4-16-13)17-6-9-20-10-8-18-7-5-15-12-18/h1-5,7,12H,6,8-11H2,(H,17,19). The van der Waals surface area contributed by atoms with Crippen molar-refractivity contribution in [1.82, 2.24) is 19.9 Å². The van der Waals surface area contributed by atoms with Gasteiger partial charge in [0.1, 0.15) is 6.61 Å². The minimum atomic E-state index is -0.473. The summed E-state index contributed by atoms with van der Waals surface area (Å²) >= 11 is 0. The van der Waals surface area contributed by atoms with Gasteiger partial charge < -0.3 is 19.4 Å². The van der Waals surface area contributed by atoms with Crippen LogP contribution in [0.2, 0.25) is 0 Å². The summed E-state index contributed by atoms with van der Waals surface area (Å²) in [6.07, 6.45) is 6.51. The number of alkyl carbamates (subject to hydrolysis) is 1. The molecule has 21 heavy (non-hydrogen) atoms. The summed E-state index contributed by atoms with van der Waals surface area (Å²) in [5.74, 6) is 0. The van der Waals surface area contributed by atoms with Crippen LogP contribution in [0, 0.1) is 0 Å². The predicted molar refractivity (Wildman–Crippen MR) is 75.5 cm³/mol. The van der Waals surface area contributed by atoms with Gasteiger partial charge in [-0.15, -0.1) is 0 Å². The van der Waals surface area contributed by atoms with Crippen molar-refractivity contribution in [3.05, 3.63) is 48.8 Å². The van der Waals surface area contributed by atoms with E-state index in [1.807, 2.05) is 22.9 Å². The van der Waals surface area contributed by atoms with E-state index < -0.39 is 6.09 Å². The number of amides is 1. The Labute approximate surface area is 122 Å². The van der Waals surface area contributed by atoms with Gasteiger partial charge in [0.2, 0.25) is 0 Å². The number of ether oxygens (including phenoxy) is 2. The molecule has 1 amide bonds. The second kappa shape index (κ2) is 8.70. The second-order valence-corrected chi connectivity index (χ2v) is 4.24. The van der Waals surface area contributed by atoms with Crippen LogP contribution in [0.15, 0.2) is 43.1 Å². The Balaban J connectivity index is 1.47. The van der Waals surface area contributed by atoms with E-state index in [0.717, 1.165) is 6.54 Å². The molecule has 2 heterocycles. The molecule has 2 aromatic rings. The molecule has 0 fully saturated rings. The highest BCUT2D eigenvalue weighted by molar-refractivity contribution is 5.67. The molecule has 112 valence electrons. The Kier molecular flexibility index (Phi) is 6.21. The van der Waals surface area contributed by atoms with Gasteiger partial charge in [0.05, 0.1) is 25.2 Å². The van der Waals surface area contributed by atoms with Gasteiger partial charge >= 0.3 is 6.09 Å². The van der Waals surface area contributed by atoms with Gasteiger partial charge in [0, 0.05) is 31.7 Å². The zero-order valence-electron chi connectivity index (χ0n) is 11.6. The first-order valence-electron chi connectivity index (χ1n) is 6.68. The number of imidazole rings is 1. The van der Waals surface area contributed by atoms with Gasteiger partial charge in [-0.2, -0.15) is 0 Å². The Morgan fingerprint density at radius 2 is 2.24 bits per heavy atom. The Hall–Kier alpha value is -2.41. The van der Waals surface area contributed by atoms with E-state index in [-0.39, 0.29) is 6.61 Å². The Morgan fingerprint density at radius 1 is 1.29 bits per heavy atom. The van der Waals surface area contributed by atoms with E-state index in [0.29, 0.717) is 25.5 Å². The smallest absolute Gasteiger partial charge is 0.407 e. The van der Waals surface area contributed by atoms with Crippen LogP contribution >= 0.6 is 0 Å². The largest absolute Gasteiger partial charge is 0.443 e. The Bertz CT molecular complexity index is 516. The van der Waals surface area contributed by atoms with Crippen molar-refractivity contribution < 1.29 is 14.3 Å². The van der Waals surface area contributed by atoms with Crippen LogP contribution in [-0.2, 0) is 22.6 Å². The monoisotopic (exact) mass is 290 g/mol. The summed E-state index contributed by atoms with van der Waals surface area (Å²) < 4.78 is 12.3. The maximum Gasteiger partial charge on any atom is 0.407 e. The topological polar surface area (TPSA) is 78.3 Å². The Morgan fingerprint density at radius 3 is 3.00 bits per heavy atom. The van der Waals surface area contributed by atoms with Crippen LogP contribution in [0.1, 0.15) is 5.69 Å². The SMILES string of the molecule is O=C(NCCOCCn1ccnc1)OCc1ccccn1. The molecule has 0 atom stereocenters. The molecule has 0 saturated heterocycles. The van der Waals surface area contributed by atoms with Gasteiger partial charge in [-0.3, -0.25) is 4.98 Å². The number of pyridine rings is 1. The number of aromatic nitrogens is 3. The molecule has 0 radical (unpaired) electrons. The van der Waals surface area contributed by atoms with Crippen molar-refractivity contribution >= 4 is 6.09 Å². The maximum atomic E-state index is 11.4.